The topological polar surface area (TPSA) is 73.0 Å². The van der Waals surface area contributed by atoms with E-state index >= 15 is 0 Å². The van der Waals surface area contributed by atoms with Gasteiger partial charge in [0.25, 0.3) is 5.91 Å². The van der Waals surface area contributed by atoms with Crippen LogP contribution in [0.15, 0.2) is 27.9 Å². The number of aryl methyl sites for hydroxylation is 2. The lowest BCUT2D eigenvalue weighted by Gasteiger charge is -1.95. The Balaban J connectivity index is 1.99. The van der Waals surface area contributed by atoms with E-state index in [-0.39, 0.29) is 5.91 Å². The molecule has 1 amide bonds. The van der Waals surface area contributed by atoms with Crippen LogP contribution in [0.4, 0.5) is 0 Å². The minimum atomic E-state index is -0.276. The van der Waals surface area contributed by atoms with Gasteiger partial charge in [-0.3, -0.25) is 4.79 Å². The van der Waals surface area contributed by atoms with Gasteiger partial charge in [0, 0.05) is 27.6 Å². The average molecular weight is 309 g/mol. The number of rotatable bonds is 3. The number of carbonyl (C=O) groups is 1. The number of nitrogens with one attached hydrogen (secondary N) is 3. The molecule has 2 heterocycles. The van der Waals surface area contributed by atoms with Gasteiger partial charge in [-0.25, -0.2) is 5.43 Å². The molecule has 0 aliphatic rings. The molecule has 0 saturated carbocycles. The van der Waals surface area contributed by atoms with E-state index in [0.29, 0.717) is 5.69 Å². The molecule has 6 heteroatoms. The monoisotopic (exact) mass is 308 g/mol. The zero-order valence-electron chi connectivity index (χ0n) is 10.0. The van der Waals surface area contributed by atoms with Gasteiger partial charge >= 0.3 is 0 Å². The van der Waals surface area contributed by atoms with Crippen molar-refractivity contribution in [3.8, 4) is 0 Å². The van der Waals surface area contributed by atoms with Crippen molar-refractivity contribution in [3.05, 3.63) is 45.4 Å². The number of aromatic nitrogens is 2. The first-order valence-electron chi connectivity index (χ1n) is 5.40. The molecule has 0 spiro atoms. The number of halogens is 1. The van der Waals surface area contributed by atoms with Crippen LogP contribution < -0.4 is 5.43 Å². The van der Waals surface area contributed by atoms with Crippen LogP contribution in [0, 0.1) is 13.8 Å². The predicted molar refractivity (Wildman–Crippen MR) is 73.8 cm³/mol. The fraction of sp³-hybridized carbons (Fsp3) is 0.167. The Hall–Kier alpha value is -1.82. The molecule has 5 nitrogen and oxygen atoms in total. The van der Waals surface area contributed by atoms with E-state index in [1.165, 1.54) is 0 Å². The molecule has 18 heavy (non-hydrogen) atoms. The van der Waals surface area contributed by atoms with E-state index in [1.807, 2.05) is 19.9 Å². The molecule has 0 saturated heterocycles. The number of carbonyl (C=O) groups excluding carboxylic acids is 1. The molecule has 2 rings (SSSR count). The minimum absolute atomic E-state index is 0.276. The second kappa shape index (κ2) is 5.22. The molecular formula is C12H13BrN4O. The van der Waals surface area contributed by atoms with Gasteiger partial charge in [0.2, 0.25) is 0 Å². The largest absolute Gasteiger partial charge is 0.362 e. The number of amides is 1. The molecule has 0 aliphatic heterocycles. The summed E-state index contributed by atoms with van der Waals surface area (Å²) in [4.78, 5) is 17.6. The predicted octanol–water partition coefficient (Wildman–Crippen LogP) is 2.49. The first-order chi connectivity index (χ1) is 8.56. The van der Waals surface area contributed by atoms with Crippen molar-refractivity contribution in [2.24, 2.45) is 5.10 Å². The van der Waals surface area contributed by atoms with Crippen molar-refractivity contribution in [2.75, 3.05) is 0 Å². The molecule has 0 atom stereocenters. The van der Waals surface area contributed by atoms with Gasteiger partial charge in [-0.2, -0.15) is 5.10 Å². The van der Waals surface area contributed by atoms with Gasteiger partial charge in [0.1, 0.15) is 5.69 Å². The summed E-state index contributed by atoms with van der Waals surface area (Å²) in [5.41, 5.74) is 5.96. The maximum absolute atomic E-state index is 11.7. The Morgan fingerprint density at radius 2 is 2.22 bits per heavy atom. The number of hydrazone groups is 1. The highest BCUT2D eigenvalue weighted by atomic mass is 79.9. The van der Waals surface area contributed by atoms with Gasteiger partial charge in [-0.05, 0) is 41.9 Å². The fourth-order valence-electron chi connectivity index (χ4n) is 1.60. The highest BCUT2D eigenvalue weighted by Gasteiger charge is 2.06. The molecule has 0 bridgehead atoms. The normalized spacial score (nSPS) is 11.1. The van der Waals surface area contributed by atoms with Crippen molar-refractivity contribution in [1.82, 2.24) is 15.4 Å². The summed E-state index contributed by atoms with van der Waals surface area (Å²) in [6.45, 7) is 3.93. The lowest BCUT2D eigenvalue weighted by atomic mass is 10.3. The average Bonchev–Trinajstić information content (AvgIpc) is 2.86. The summed E-state index contributed by atoms with van der Waals surface area (Å²) in [6, 6.07) is 3.66. The van der Waals surface area contributed by atoms with Gasteiger partial charge in [-0.15, -0.1) is 0 Å². The highest BCUT2D eigenvalue weighted by Crippen LogP contribution is 2.10. The smallest absolute Gasteiger partial charge is 0.287 e. The Morgan fingerprint density at radius 3 is 2.78 bits per heavy atom. The Bertz CT molecular complexity index is 597. The molecule has 0 unspecified atom stereocenters. The Kier molecular flexibility index (Phi) is 3.66. The zero-order valence-corrected chi connectivity index (χ0v) is 11.6. The number of aromatic amines is 2. The third kappa shape index (κ3) is 2.89. The van der Waals surface area contributed by atoms with E-state index in [4.69, 9.17) is 0 Å². The number of hydrogen-bond acceptors (Lipinski definition) is 2. The molecule has 2 aromatic heterocycles. The molecule has 3 N–H and O–H groups in total. The van der Waals surface area contributed by atoms with E-state index in [9.17, 15) is 4.79 Å². The van der Waals surface area contributed by atoms with Crippen LogP contribution in [-0.2, 0) is 0 Å². The summed E-state index contributed by atoms with van der Waals surface area (Å²) < 4.78 is 0.828. The van der Waals surface area contributed by atoms with Crippen molar-refractivity contribution in [3.63, 3.8) is 0 Å². The number of hydrogen-bond donors (Lipinski definition) is 3. The first kappa shape index (κ1) is 12.6. The van der Waals surface area contributed by atoms with Crippen LogP contribution in [0.25, 0.3) is 0 Å². The Labute approximate surface area is 113 Å². The third-order valence-electron chi connectivity index (χ3n) is 2.45. The third-order valence-corrected chi connectivity index (χ3v) is 2.91. The Morgan fingerprint density at radius 1 is 1.44 bits per heavy atom. The van der Waals surface area contributed by atoms with Crippen molar-refractivity contribution >= 4 is 28.1 Å². The van der Waals surface area contributed by atoms with Gasteiger partial charge in [0.15, 0.2) is 0 Å². The van der Waals surface area contributed by atoms with Crippen LogP contribution in [0.5, 0.6) is 0 Å². The summed E-state index contributed by atoms with van der Waals surface area (Å²) in [5, 5.41) is 3.92. The van der Waals surface area contributed by atoms with Crippen LogP contribution in [0.3, 0.4) is 0 Å². The standard InChI is InChI=1S/C12H13BrN4O/c1-7-3-9(8(2)16-7)5-15-17-12(18)11-4-10(13)6-14-11/h3-6,14,16H,1-2H3,(H,17,18)/b15-5+. The molecule has 0 fully saturated rings. The van der Waals surface area contributed by atoms with E-state index in [0.717, 1.165) is 21.4 Å². The highest BCUT2D eigenvalue weighted by molar-refractivity contribution is 9.10. The summed E-state index contributed by atoms with van der Waals surface area (Å²) in [5.74, 6) is -0.276. The maximum Gasteiger partial charge on any atom is 0.287 e. The van der Waals surface area contributed by atoms with Crippen LogP contribution in [0.1, 0.15) is 27.4 Å². The lowest BCUT2D eigenvalue weighted by molar-refractivity contribution is 0.0951. The van der Waals surface area contributed by atoms with Crippen LogP contribution in [0.2, 0.25) is 0 Å². The van der Waals surface area contributed by atoms with Crippen molar-refractivity contribution in [2.45, 2.75) is 13.8 Å². The molecule has 2 aromatic rings. The van der Waals surface area contributed by atoms with E-state index in [1.54, 1.807) is 18.5 Å². The van der Waals surface area contributed by atoms with Gasteiger partial charge in [-0.1, -0.05) is 0 Å². The van der Waals surface area contributed by atoms with Gasteiger partial charge in [0.05, 0.1) is 6.21 Å². The maximum atomic E-state index is 11.7. The SMILES string of the molecule is Cc1cc(/C=N/NC(=O)c2cc(Br)c[nH]2)c(C)[nH]1. The first-order valence-corrected chi connectivity index (χ1v) is 6.19. The summed E-state index contributed by atoms with van der Waals surface area (Å²) in [6.07, 6.45) is 3.31. The molecule has 0 radical (unpaired) electrons. The molecular weight excluding hydrogens is 296 g/mol. The summed E-state index contributed by atoms with van der Waals surface area (Å²) in [7, 11) is 0. The second-order valence-corrected chi connectivity index (χ2v) is 4.88. The van der Waals surface area contributed by atoms with Crippen LogP contribution in [-0.4, -0.2) is 22.1 Å². The quantitative estimate of drug-likeness (QED) is 0.591. The van der Waals surface area contributed by atoms with Crippen LogP contribution >= 0.6 is 15.9 Å². The molecule has 0 aliphatic carbocycles. The minimum Gasteiger partial charge on any atom is -0.362 e. The van der Waals surface area contributed by atoms with E-state index in [2.05, 4.69) is 36.4 Å². The lowest BCUT2D eigenvalue weighted by Crippen LogP contribution is -2.17. The molecule has 94 valence electrons. The van der Waals surface area contributed by atoms with Crippen molar-refractivity contribution < 1.29 is 4.79 Å². The second-order valence-electron chi connectivity index (χ2n) is 3.96. The summed E-state index contributed by atoms with van der Waals surface area (Å²) >= 11 is 3.26. The molecule has 0 aromatic carbocycles. The van der Waals surface area contributed by atoms with Crippen molar-refractivity contribution in [1.29, 1.82) is 0 Å². The van der Waals surface area contributed by atoms with Gasteiger partial charge < -0.3 is 9.97 Å². The zero-order chi connectivity index (χ0) is 13.1. The number of nitrogens with zero attached hydrogens (tertiary/aromatic N) is 1. The van der Waals surface area contributed by atoms with E-state index < -0.39 is 0 Å². The fourth-order valence-corrected chi connectivity index (χ4v) is 1.94. The number of H-pyrrole nitrogens is 2.